The Morgan fingerprint density at radius 1 is 1.58 bits per heavy atom. The maximum absolute atomic E-state index is 11.4. The zero-order chi connectivity index (χ0) is 14.5. The van der Waals surface area contributed by atoms with Crippen LogP contribution in [0.2, 0.25) is 0 Å². The quantitative estimate of drug-likeness (QED) is 0.757. The number of nitrogens with zero attached hydrogens (tertiary/aromatic N) is 2. The van der Waals surface area contributed by atoms with Crippen LogP contribution >= 0.6 is 0 Å². The van der Waals surface area contributed by atoms with E-state index < -0.39 is 5.97 Å². The summed E-state index contributed by atoms with van der Waals surface area (Å²) in [5.41, 5.74) is 5.56. The molecule has 0 aliphatic carbocycles. The molecule has 6 heteroatoms. The van der Waals surface area contributed by atoms with Crippen LogP contribution in [0.4, 0.5) is 5.82 Å². The van der Waals surface area contributed by atoms with Gasteiger partial charge >= 0.3 is 5.97 Å². The summed E-state index contributed by atoms with van der Waals surface area (Å²) in [5.74, 6) is 0.561. The predicted molar refractivity (Wildman–Crippen MR) is 73.9 cm³/mol. The van der Waals surface area contributed by atoms with Crippen LogP contribution in [0.25, 0.3) is 0 Å². The molecule has 106 valence electrons. The van der Waals surface area contributed by atoms with Gasteiger partial charge in [0.2, 0.25) is 5.82 Å². The average Bonchev–Trinajstić information content (AvgIpc) is 2.37. The van der Waals surface area contributed by atoms with E-state index in [4.69, 9.17) is 5.73 Å². The maximum Gasteiger partial charge on any atom is 0.376 e. The fourth-order valence-electron chi connectivity index (χ4n) is 2.01. The molecular formula is C13H22N4O2. The van der Waals surface area contributed by atoms with Gasteiger partial charge < -0.3 is 15.8 Å². The molecule has 1 rings (SSSR count). The SMILES string of the molecule is COC(=O)c1nccc(NC(C)(CN)CC(C)C)n1. The Kier molecular flexibility index (Phi) is 5.23. The Morgan fingerprint density at radius 3 is 2.79 bits per heavy atom. The van der Waals surface area contributed by atoms with Crippen LogP contribution in [0, 0.1) is 5.92 Å². The lowest BCUT2D eigenvalue weighted by atomic mass is 9.91. The highest BCUT2D eigenvalue weighted by Crippen LogP contribution is 2.20. The van der Waals surface area contributed by atoms with E-state index in [1.807, 2.05) is 6.92 Å². The molecule has 0 saturated heterocycles. The third-order valence-corrected chi connectivity index (χ3v) is 2.76. The van der Waals surface area contributed by atoms with Crippen molar-refractivity contribution >= 4 is 11.8 Å². The molecular weight excluding hydrogens is 244 g/mol. The maximum atomic E-state index is 11.4. The largest absolute Gasteiger partial charge is 0.463 e. The van der Waals surface area contributed by atoms with Crippen LogP contribution in [-0.4, -0.2) is 35.1 Å². The fraction of sp³-hybridized carbons (Fsp3) is 0.615. The van der Waals surface area contributed by atoms with Gasteiger partial charge in [-0.05, 0) is 25.3 Å². The summed E-state index contributed by atoms with van der Waals surface area (Å²) < 4.78 is 4.60. The Morgan fingerprint density at radius 2 is 2.26 bits per heavy atom. The standard InChI is InChI=1S/C13H22N4O2/c1-9(2)7-13(3,8-14)17-10-5-6-15-11(16-10)12(18)19-4/h5-6,9H,7-8,14H2,1-4H3,(H,15,16,17). The predicted octanol–water partition coefficient (Wildman–Crippen LogP) is 1.44. The van der Waals surface area contributed by atoms with Crippen LogP contribution in [-0.2, 0) is 4.74 Å². The summed E-state index contributed by atoms with van der Waals surface area (Å²) in [7, 11) is 1.30. The van der Waals surface area contributed by atoms with Crippen LogP contribution < -0.4 is 11.1 Å². The van der Waals surface area contributed by atoms with Crippen LogP contribution in [0.5, 0.6) is 0 Å². The first-order valence-electron chi connectivity index (χ1n) is 6.30. The van der Waals surface area contributed by atoms with Crippen molar-refractivity contribution in [3.63, 3.8) is 0 Å². The van der Waals surface area contributed by atoms with Crippen molar-refractivity contribution in [2.45, 2.75) is 32.7 Å². The van der Waals surface area contributed by atoms with Gasteiger partial charge in [-0.15, -0.1) is 0 Å². The summed E-state index contributed by atoms with van der Waals surface area (Å²) >= 11 is 0. The molecule has 19 heavy (non-hydrogen) atoms. The topological polar surface area (TPSA) is 90.1 Å². The number of methoxy groups -OCH3 is 1. The van der Waals surface area contributed by atoms with Gasteiger partial charge in [0.25, 0.3) is 0 Å². The Labute approximate surface area is 113 Å². The second kappa shape index (κ2) is 6.47. The normalized spacial score (nSPS) is 14.0. The highest BCUT2D eigenvalue weighted by Gasteiger charge is 2.24. The molecule has 3 N–H and O–H groups in total. The lowest BCUT2D eigenvalue weighted by Gasteiger charge is -2.31. The number of esters is 1. The van der Waals surface area contributed by atoms with Crippen molar-refractivity contribution in [1.29, 1.82) is 0 Å². The number of nitrogens with two attached hydrogens (primary N) is 1. The van der Waals surface area contributed by atoms with E-state index >= 15 is 0 Å². The van der Waals surface area contributed by atoms with Gasteiger partial charge in [-0.2, -0.15) is 0 Å². The second-order valence-electron chi connectivity index (χ2n) is 5.24. The van der Waals surface area contributed by atoms with Gasteiger partial charge in [-0.1, -0.05) is 13.8 Å². The highest BCUT2D eigenvalue weighted by molar-refractivity contribution is 5.85. The molecule has 0 amide bonds. The molecule has 0 aliphatic heterocycles. The number of rotatable bonds is 6. The summed E-state index contributed by atoms with van der Waals surface area (Å²) in [5, 5.41) is 3.27. The lowest BCUT2D eigenvalue weighted by Crippen LogP contribution is -2.44. The molecule has 0 fully saturated rings. The number of carbonyl (C=O) groups excluding carboxylic acids is 1. The van der Waals surface area contributed by atoms with E-state index in [-0.39, 0.29) is 11.4 Å². The Balaban J connectivity index is 2.88. The Bertz CT molecular complexity index is 436. The molecule has 0 radical (unpaired) electrons. The summed E-state index contributed by atoms with van der Waals surface area (Å²) in [6.07, 6.45) is 2.43. The van der Waals surface area contributed by atoms with Crippen LogP contribution in [0.3, 0.4) is 0 Å². The number of nitrogens with one attached hydrogen (secondary N) is 1. The first-order valence-corrected chi connectivity index (χ1v) is 6.30. The van der Waals surface area contributed by atoms with E-state index in [1.165, 1.54) is 13.3 Å². The van der Waals surface area contributed by atoms with Gasteiger partial charge in [-0.3, -0.25) is 0 Å². The molecule has 1 unspecified atom stereocenters. The highest BCUT2D eigenvalue weighted by atomic mass is 16.5. The zero-order valence-corrected chi connectivity index (χ0v) is 11.9. The van der Waals surface area contributed by atoms with Crippen molar-refractivity contribution in [3.05, 3.63) is 18.1 Å². The third kappa shape index (κ3) is 4.48. The zero-order valence-electron chi connectivity index (χ0n) is 11.9. The summed E-state index contributed by atoms with van der Waals surface area (Å²) in [6, 6.07) is 1.71. The summed E-state index contributed by atoms with van der Waals surface area (Å²) in [4.78, 5) is 19.4. The molecule has 0 bridgehead atoms. The van der Waals surface area contributed by atoms with Crippen molar-refractivity contribution in [2.75, 3.05) is 19.0 Å². The third-order valence-electron chi connectivity index (χ3n) is 2.76. The first kappa shape index (κ1) is 15.4. The van der Waals surface area contributed by atoms with Crippen LogP contribution in [0.15, 0.2) is 12.3 Å². The fourth-order valence-corrected chi connectivity index (χ4v) is 2.01. The minimum atomic E-state index is -0.554. The van der Waals surface area contributed by atoms with Gasteiger partial charge in [0, 0.05) is 18.3 Å². The van der Waals surface area contributed by atoms with E-state index in [1.54, 1.807) is 6.07 Å². The van der Waals surface area contributed by atoms with E-state index in [0.29, 0.717) is 18.3 Å². The van der Waals surface area contributed by atoms with Crippen molar-refractivity contribution in [3.8, 4) is 0 Å². The molecule has 1 aromatic rings. The van der Waals surface area contributed by atoms with Gasteiger partial charge in [0.15, 0.2) is 0 Å². The van der Waals surface area contributed by atoms with Gasteiger partial charge in [-0.25, -0.2) is 14.8 Å². The molecule has 0 spiro atoms. The number of ether oxygens (including phenoxy) is 1. The number of anilines is 1. The minimum absolute atomic E-state index is 0.0384. The molecule has 0 aliphatic rings. The van der Waals surface area contributed by atoms with Gasteiger partial charge in [0.1, 0.15) is 5.82 Å². The monoisotopic (exact) mass is 266 g/mol. The molecule has 0 aromatic carbocycles. The first-order chi connectivity index (χ1) is 8.90. The molecule has 1 atom stereocenters. The molecule has 1 heterocycles. The molecule has 1 aromatic heterocycles. The van der Waals surface area contributed by atoms with Crippen molar-refractivity contribution in [1.82, 2.24) is 9.97 Å². The van der Waals surface area contributed by atoms with E-state index in [0.717, 1.165) is 6.42 Å². The molecule has 6 nitrogen and oxygen atoms in total. The minimum Gasteiger partial charge on any atom is -0.463 e. The van der Waals surface area contributed by atoms with Crippen LogP contribution in [0.1, 0.15) is 37.8 Å². The number of carbonyl (C=O) groups is 1. The average molecular weight is 266 g/mol. The van der Waals surface area contributed by atoms with Gasteiger partial charge in [0.05, 0.1) is 7.11 Å². The van der Waals surface area contributed by atoms with E-state index in [9.17, 15) is 4.79 Å². The number of aromatic nitrogens is 2. The smallest absolute Gasteiger partial charge is 0.376 e. The molecule has 0 saturated carbocycles. The second-order valence-corrected chi connectivity index (χ2v) is 5.24. The van der Waals surface area contributed by atoms with Crippen molar-refractivity contribution in [2.24, 2.45) is 11.7 Å². The summed E-state index contributed by atoms with van der Waals surface area (Å²) in [6.45, 7) is 6.78. The number of hydrogen-bond acceptors (Lipinski definition) is 6. The Hall–Kier alpha value is -1.69. The lowest BCUT2D eigenvalue weighted by molar-refractivity contribution is 0.0587. The van der Waals surface area contributed by atoms with E-state index in [2.05, 4.69) is 33.9 Å². The number of hydrogen-bond donors (Lipinski definition) is 2. The van der Waals surface area contributed by atoms with Crippen molar-refractivity contribution < 1.29 is 9.53 Å².